The van der Waals surface area contributed by atoms with Crippen LogP contribution in [0.3, 0.4) is 0 Å². The van der Waals surface area contributed by atoms with Crippen LogP contribution in [-0.4, -0.2) is 12.5 Å². The van der Waals surface area contributed by atoms with Gasteiger partial charge < -0.3 is 10.2 Å². The second-order valence-corrected chi connectivity index (χ2v) is 3.24. The lowest BCUT2D eigenvalue weighted by Crippen LogP contribution is -2.30. The molecule has 0 amide bonds. The van der Waals surface area contributed by atoms with Crippen molar-refractivity contribution in [3.63, 3.8) is 0 Å². The van der Waals surface area contributed by atoms with Crippen LogP contribution in [0.25, 0.3) is 0 Å². The Balaban J connectivity index is 2.52. The number of rotatable bonds is 3. The first-order valence-electron chi connectivity index (χ1n) is 3.36. The van der Waals surface area contributed by atoms with Gasteiger partial charge in [0, 0.05) is 0 Å². The molecule has 5 heteroatoms. The monoisotopic (exact) mass is 239 g/mol. The third kappa shape index (κ3) is 2.57. The molecule has 2 nitrogen and oxygen atoms in total. The normalized spacial score (nSPS) is 13.8. The summed E-state index contributed by atoms with van der Waals surface area (Å²) >= 11 is 3.06. The molecule has 0 saturated carbocycles. The van der Waals surface area contributed by atoms with Crippen LogP contribution >= 0.6 is 15.9 Å². The lowest BCUT2D eigenvalue weighted by molar-refractivity contribution is 0.116. The van der Waals surface area contributed by atoms with Crippen LogP contribution in [0.1, 0.15) is 5.56 Å². The molecule has 0 fully saturated rings. The van der Waals surface area contributed by atoms with E-state index in [1.165, 1.54) is 6.26 Å². The minimum Gasteiger partial charge on any atom is -0.457 e. The van der Waals surface area contributed by atoms with E-state index in [0.717, 1.165) is 0 Å². The molecule has 0 saturated heterocycles. The fourth-order valence-electron chi connectivity index (χ4n) is 0.814. The van der Waals surface area contributed by atoms with Gasteiger partial charge in [0.05, 0.1) is 12.3 Å². The van der Waals surface area contributed by atoms with Gasteiger partial charge in [0.25, 0.3) is 6.43 Å². The summed E-state index contributed by atoms with van der Waals surface area (Å²) in [5, 5.41) is 0. The minimum absolute atomic E-state index is 0.132. The van der Waals surface area contributed by atoms with Crippen molar-refractivity contribution in [2.45, 2.75) is 18.9 Å². The van der Waals surface area contributed by atoms with E-state index in [9.17, 15) is 8.78 Å². The molecule has 0 spiro atoms. The Morgan fingerprint density at radius 3 is 2.67 bits per heavy atom. The van der Waals surface area contributed by atoms with Crippen molar-refractivity contribution in [1.82, 2.24) is 0 Å². The highest BCUT2D eigenvalue weighted by molar-refractivity contribution is 9.10. The second-order valence-electron chi connectivity index (χ2n) is 2.46. The highest BCUT2D eigenvalue weighted by atomic mass is 79.9. The van der Waals surface area contributed by atoms with Crippen molar-refractivity contribution in [3.8, 4) is 0 Å². The third-order valence-electron chi connectivity index (χ3n) is 1.42. The average Bonchev–Trinajstić information content (AvgIpc) is 2.35. The van der Waals surface area contributed by atoms with Crippen LogP contribution in [0.5, 0.6) is 0 Å². The van der Waals surface area contributed by atoms with Gasteiger partial charge in [0.1, 0.15) is 0 Å². The van der Waals surface area contributed by atoms with E-state index in [4.69, 9.17) is 10.2 Å². The van der Waals surface area contributed by atoms with E-state index < -0.39 is 12.5 Å². The summed E-state index contributed by atoms with van der Waals surface area (Å²) in [7, 11) is 0. The maximum Gasteiger partial charge on any atom is 0.253 e. The molecular weight excluding hydrogens is 232 g/mol. The summed E-state index contributed by atoms with van der Waals surface area (Å²) in [5.74, 6) is 0. The molecule has 0 aromatic carbocycles. The zero-order chi connectivity index (χ0) is 9.14. The molecule has 0 aliphatic heterocycles. The van der Waals surface area contributed by atoms with Gasteiger partial charge in [-0.15, -0.1) is 0 Å². The van der Waals surface area contributed by atoms with Crippen LogP contribution in [0.15, 0.2) is 21.4 Å². The second kappa shape index (κ2) is 4.00. The first-order chi connectivity index (χ1) is 5.59. The predicted octanol–water partition coefficient (Wildman–Crippen LogP) is 2.18. The van der Waals surface area contributed by atoms with Crippen molar-refractivity contribution in [2.75, 3.05) is 0 Å². The number of nitrogens with two attached hydrogens (primary N) is 1. The summed E-state index contributed by atoms with van der Waals surface area (Å²) < 4.78 is 29.3. The van der Waals surface area contributed by atoms with E-state index in [0.29, 0.717) is 10.2 Å². The summed E-state index contributed by atoms with van der Waals surface area (Å²) in [6, 6.07) is 0.511. The maximum atomic E-state index is 12.0. The number of hydrogen-bond acceptors (Lipinski definition) is 2. The van der Waals surface area contributed by atoms with Crippen molar-refractivity contribution >= 4 is 15.9 Å². The summed E-state index contributed by atoms with van der Waals surface area (Å²) in [4.78, 5) is 0. The summed E-state index contributed by atoms with van der Waals surface area (Å²) in [6.45, 7) is 0. The van der Waals surface area contributed by atoms with Gasteiger partial charge in [-0.2, -0.15) is 0 Å². The largest absolute Gasteiger partial charge is 0.457 e. The Morgan fingerprint density at radius 2 is 2.25 bits per heavy atom. The van der Waals surface area contributed by atoms with Gasteiger partial charge in [-0.25, -0.2) is 8.78 Å². The molecule has 0 bridgehead atoms. The number of alkyl halides is 2. The van der Waals surface area contributed by atoms with Crippen molar-refractivity contribution in [3.05, 3.63) is 22.6 Å². The van der Waals surface area contributed by atoms with Gasteiger partial charge in [-0.3, -0.25) is 0 Å². The average molecular weight is 240 g/mol. The standard InChI is InChI=1S/C7H8BrF2NO/c8-6-2-4(3-12-6)1-5(11)7(9)10/h2-3,5,7H,1,11H2. The maximum absolute atomic E-state index is 12.0. The highest BCUT2D eigenvalue weighted by Crippen LogP contribution is 2.16. The first kappa shape index (κ1) is 9.67. The topological polar surface area (TPSA) is 39.2 Å². The number of furan rings is 1. The van der Waals surface area contributed by atoms with Crippen LogP contribution in [-0.2, 0) is 6.42 Å². The SMILES string of the molecule is NC(Cc1coc(Br)c1)C(F)F. The van der Waals surface area contributed by atoms with E-state index in [1.807, 2.05) is 0 Å². The molecule has 1 aromatic heterocycles. The lowest BCUT2D eigenvalue weighted by atomic mass is 10.1. The molecule has 1 unspecified atom stereocenters. The molecule has 2 N–H and O–H groups in total. The molecule has 1 aromatic rings. The quantitative estimate of drug-likeness (QED) is 0.879. The molecule has 0 radical (unpaired) electrons. The van der Waals surface area contributed by atoms with Crippen LogP contribution < -0.4 is 5.73 Å². The Labute approximate surface area is 76.9 Å². The van der Waals surface area contributed by atoms with E-state index in [1.54, 1.807) is 6.07 Å². The van der Waals surface area contributed by atoms with Crippen molar-refractivity contribution in [1.29, 1.82) is 0 Å². The van der Waals surface area contributed by atoms with E-state index >= 15 is 0 Å². The molecule has 1 rings (SSSR count). The molecule has 0 aliphatic carbocycles. The number of halogens is 3. The van der Waals surface area contributed by atoms with Gasteiger partial charge in [-0.05, 0) is 34.0 Å². The fourth-order valence-corrected chi connectivity index (χ4v) is 1.20. The Kier molecular flexibility index (Phi) is 3.22. The van der Waals surface area contributed by atoms with Crippen molar-refractivity contribution < 1.29 is 13.2 Å². The van der Waals surface area contributed by atoms with Crippen LogP contribution in [0.2, 0.25) is 0 Å². The third-order valence-corrected chi connectivity index (χ3v) is 1.83. The van der Waals surface area contributed by atoms with Gasteiger partial charge >= 0.3 is 0 Å². The Bertz CT molecular complexity index is 251. The first-order valence-corrected chi connectivity index (χ1v) is 4.15. The van der Waals surface area contributed by atoms with Gasteiger partial charge in [-0.1, -0.05) is 0 Å². The molecule has 68 valence electrons. The van der Waals surface area contributed by atoms with Crippen LogP contribution in [0, 0.1) is 0 Å². The Morgan fingerprint density at radius 1 is 1.58 bits per heavy atom. The molecule has 1 atom stereocenters. The van der Waals surface area contributed by atoms with E-state index in [2.05, 4.69) is 15.9 Å². The molecule has 12 heavy (non-hydrogen) atoms. The fraction of sp³-hybridized carbons (Fsp3) is 0.429. The number of hydrogen-bond donors (Lipinski definition) is 1. The lowest BCUT2D eigenvalue weighted by Gasteiger charge is -2.07. The van der Waals surface area contributed by atoms with Crippen molar-refractivity contribution in [2.24, 2.45) is 5.73 Å². The molecular formula is C7H8BrF2NO. The smallest absolute Gasteiger partial charge is 0.253 e. The zero-order valence-electron chi connectivity index (χ0n) is 6.14. The summed E-state index contributed by atoms with van der Waals surface area (Å²) in [5.41, 5.74) is 5.83. The Hall–Kier alpha value is -0.420. The van der Waals surface area contributed by atoms with Gasteiger partial charge in [0.15, 0.2) is 4.67 Å². The zero-order valence-corrected chi connectivity index (χ0v) is 7.72. The predicted molar refractivity (Wildman–Crippen MR) is 44.1 cm³/mol. The molecule has 0 aliphatic rings. The molecule has 1 heterocycles. The van der Waals surface area contributed by atoms with E-state index in [-0.39, 0.29) is 6.42 Å². The van der Waals surface area contributed by atoms with Gasteiger partial charge in [0.2, 0.25) is 0 Å². The van der Waals surface area contributed by atoms with Crippen LogP contribution in [0.4, 0.5) is 8.78 Å². The summed E-state index contributed by atoms with van der Waals surface area (Å²) in [6.07, 6.45) is -0.947. The minimum atomic E-state index is -2.49. The highest BCUT2D eigenvalue weighted by Gasteiger charge is 2.16.